The first-order valence-electron chi connectivity index (χ1n) is 8.88. The van der Waals surface area contributed by atoms with Gasteiger partial charge in [0.05, 0.1) is 17.9 Å². The monoisotopic (exact) mass is 495 g/mol. The first kappa shape index (κ1) is 21.4. The molecule has 3 aromatic rings. The van der Waals surface area contributed by atoms with Crippen LogP contribution in [-0.2, 0) is 13.0 Å². The third-order valence-corrected chi connectivity index (χ3v) is 4.96. The van der Waals surface area contributed by atoms with Gasteiger partial charge in [0.2, 0.25) is 0 Å². The van der Waals surface area contributed by atoms with Gasteiger partial charge in [0.1, 0.15) is 0 Å². The van der Waals surface area contributed by atoms with Crippen LogP contribution in [0.1, 0.15) is 17.5 Å². The molecule has 0 saturated carbocycles. The molecule has 0 amide bonds. The van der Waals surface area contributed by atoms with Crippen LogP contribution in [0.5, 0.6) is 0 Å². The minimum Gasteiger partial charge on any atom is -0.357 e. The lowest BCUT2D eigenvalue weighted by molar-refractivity contribution is 0.486. The summed E-state index contributed by atoms with van der Waals surface area (Å²) in [6.45, 7) is 4.43. The lowest BCUT2D eigenvalue weighted by Crippen LogP contribution is -2.39. The second-order valence-corrected chi connectivity index (χ2v) is 7.04. The van der Waals surface area contributed by atoms with Crippen LogP contribution in [0.3, 0.4) is 0 Å². The van der Waals surface area contributed by atoms with Gasteiger partial charge in [-0.2, -0.15) is 5.10 Å². The van der Waals surface area contributed by atoms with Crippen LogP contribution in [0.4, 0.5) is 0 Å². The molecule has 1 aromatic carbocycles. The third-order valence-electron chi connectivity index (χ3n) is 4.03. The zero-order chi connectivity index (χ0) is 18.2. The van der Waals surface area contributed by atoms with E-state index in [4.69, 9.17) is 4.99 Å². The van der Waals surface area contributed by atoms with E-state index in [9.17, 15) is 0 Å². The largest absolute Gasteiger partial charge is 0.357 e. The summed E-state index contributed by atoms with van der Waals surface area (Å²) in [5.74, 6) is 0.915. The van der Waals surface area contributed by atoms with Crippen LogP contribution in [-0.4, -0.2) is 40.8 Å². The maximum Gasteiger partial charge on any atom is 0.194 e. The van der Waals surface area contributed by atoms with Crippen molar-refractivity contribution < 1.29 is 0 Å². The van der Waals surface area contributed by atoms with Gasteiger partial charge in [-0.15, -0.1) is 35.3 Å². The summed E-state index contributed by atoms with van der Waals surface area (Å²) < 4.78 is 1.89. The molecule has 0 aliphatic carbocycles. The highest BCUT2D eigenvalue weighted by molar-refractivity contribution is 14.0. The molecule has 0 unspecified atom stereocenters. The Balaban J connectivity index is 0.00000261. The topological polar surface area (TPSA) is 45.5 Å². The summed E-state index contributed by atoms with van der Waals surface area (Å²) >= 11 is 1.80. The van der Waals surface area contributed by atoms with Gasteiger partial charge in [-0.3, -0.25) is 0 Å². The zero-order valence-electron chi connectivity index (χ0n) is 15.7. The number of thiophene rings is 1. The molecule has 3 rings (SSSR count). The molecule has 144 valence electrons. The molecule has 2 aromatic heterocycles. The minimum atomic E-state index is 0. The lowest BCUT2D eigenvalue weighted by Gasteiger charge is -2.21. The van der Waals surface area contributed by atoms with E-state index in [1.165, 1.54) is 4.88 Å². The van der Waals surface area contributed by atoms with E-state index >= 15 is 0 Å². The van der Waals surface area contributed by atoms with Crippen molar-refractivity contribution in [3.05, 3.63) is 70.7 Å². The number of nitrogens with one attached hydrogen (secondary N) is 1. The fourth-order valence-corrected chi connectivity index (χ4v) is 3.33. The molecular weight excluding hydrogens is 469 g/mol. The van der Waals surface area contributed by atoms with Crippen molar-refractivity contribution in [1.82, 2.24) is 20.0 Å². The predicted molar refractivity (Wildman–Crippen MR) is 124 cm³/mol. The summed E-state index contributed by atoms with van der Waals surface area (Å²) in [4.78, 5) is 8.33. The van der Waals surface area contributed by atoms with E-state index in [0.29, 0.717) is 6.54 Å². The molecule has 0 atom stereocenters. The average Bonchev–Trinajstić information content (AvgIpc) is 3.36. The Morgan fingerprint density at radius 1 is 1.19 bits per heavy atom. The quantitative estimate of drug-likeness (QED) is 0.304. The van der Waals surface area contributed by atoms with Crippen molar-refractivity contribution in [3.8, 4) is 5.69 Å². The van der Waals surface area contributed by atoms with Gasteiger partial charge in [0.15, 0.2) is 5.96 Å². The zero-order valence-corrected chi connectivity index (χ0v) is 18.9. The number of aliphatic imine (C=N–C) groups is 1. The molecule has 0 fully saturated rings. The molecule has 2 heterocycles. The molecule has 1 N–H and O–H groups in total. The van der Waals surface area contributed by atoms with Gasteiger partial charge in [-0.05, 0) is 43.0 Å². The minimum absolute atomic E-state index is 0. The molecule has 0 aliphatic rings. The first-order chi connectivity index (χ1) is 12.8. The Bertz CT molecular complexity index is 814. The number of rotatable bonds is 7. The number of hydrogen-bond donors (Lipinski definition) is 1. The smallest absolute Gasteiger partial charge is 0.194 e. The molecular formula is C20H26IN5S. The Morgan fingerprint density at radius 2 is 2.00 bits per heavy atom. The van der Waals surface area contributed by atoms with Gasteiger partial charge < -0.3 is 10.2 Å². The van der Waals surface area contributed by atoms with Crippen molar-refractivity contribution in [1.29, 1.82) is 0 Å². The van der Waals surface area contributed by atoms with Crippen LogP contribution >= 0.6 is 35.3 Å². The molecule has 7 heteroatoms. The number of nitrogens with zero attached hydrogens (tertiary/aromatic N) is 4. The Hall–Kier alpha value is -1.87. The summed E-state index contributed by atoms with van der Waals surface area (Å²) in [6.07, 6.45) is 3.01. The summed E-state index contributed by atoms with van der Waals surface area (Å²) in [6, 6.07) is 16.4. The summed E-state index contributed by atoms with van der Waals surface area (Å²) in [5.41, 5.74) is 2.01. The second-order valence-electron chi connectivity index (χ2n) is 6.01. The van der Waals surface area contributed by atoms with Crippen LogP contribution in [0.2, 0.25) is 0 Å². The number of likely N-dealkylation sites (N-methyl/N-ethyl adjacent to an activating group) is 1. The normalized spacial score (nSPS) is 11.1. The predicted octanol–water partition coefficient (Wildman–Crippen LogP) is 4.19. The van der Waals surface area contributed by atoms with E-state index in [1.54, 1.807) is 11.3 Å². The summed E-state index contributed by atoms with van der Waals surface area (Å²) in [7, 11) is 2.08. The first-order valence-corrected chi connectivity index (χ1v) is 9.76. The van der Waals surface area contributed by atoms with Gasteiger partial charge in [-0.1, -0.05) is 24.3 Å². The number of para-hydroxylation sites is 1. The van der Waals surface area contributed by atoms with Crippen LogP contribution < -0.4 is 5.32 Å². The van der Waals surface area contributed by atoms with E-state index in [-0.39, 0.29) is 24.0 Å². The number of aromatic nitrogens is 2. The van der Waals surface area contributed by atoms with Gasteiger partial charge in [0, 0.05) is 31.2 Å². The highest BCUT2D eigenvalue weighted by atomic mass is 127. The highest BCUT2D eigenvalue weighted by Crippen LogP contribution is 2.10. The fraction of sp³-hybridized carbons (Fsp3) is 0.300. The van der Waals surface area contributed by atoms with Crippen molar-refractivity contribution in [2.45, 2.75) is 19.9 Å². The average molecular weight is 495 g/mol. The molecule has 0 radical (unpaired) electrons. The number of halogens is 1. The molecule has 5 nitrogen and oxygen atoms in total. The van der Waals surface area contributed by atoms with E-state index in [1.807, 2.05) is 47.3 Å². The number of benzene rings is 1. The van der Waals surface area contributed by atoms with E-state index < -0.39 is 0 Å². The van der Waals surface area contributed by atoms with Crippen molar-refractivity contribution in [3.63, 3.8) is 0 Å². The lowest BCUT2D eigenvalue weighted by atomic mass is 10.3. The number of guanidine groups is 1. The second kappa shape index (κ2) is 11.1. The van der Waals surface area contributed by atoms with Gasteiger partial charge in [-0.25, -0.2) is 9.67 Å². The third kappa shape index (κ3) is 6.35. The van der Waals surface area contributed by atoms with Crippen LogP contribution in [0, 0.1) is 0 Å². The van der Waals surface area contributed by atoms with Gasteiger partial charge >= 0.3 is 0 Å². The molecule has 0 aliphatic heterocycles. The highest BCUT2D eigenvalue weighted by Gasteiger charge is 2.07. The van der Waals surface area contributed by atoms with Crippen LogP contribution in [0.25, 0.3) is 5.69 Å². The Morgan fingerprint density at radius 3 is 2.70 bits per heavy atom. The Labute approximate surface area is 182 Å². The standard InChI is InChI=1S/C20H25N5S.HI/c1-3-21-20(24(2)13-12-19-10-7-15-26-19)22-16-17-11-14-25(23-17)18-8-5-4-6-9-18;/h4-11,14-15H,3,12-13,16H2,1-2H3,(H,21,22);1H. The molecule has 0 spiro atoms. The maximum atomic E-state index is 4.75. The van der Waals surface area contributed by atoms with E-state index in [2.05, 4.69) is 46.8 Å². The molecule has 0 saturated heterocycles. The van der Waals surface area contributed by atoms with E-state index in [0.717, 1.165) is 36.9 Å². The molecule has 27 heavy (non-hydrogen) atoms. The van der Waals surface area contributed by atoms with Crippen molar-refractivity contribution in [2.75, 3.05) is 20.1 Å². The Kier molecular flexibility index (Phi) is 8.80. The SMILES string of the molecule is CCNC(=NCc1ccn(-c2ccccc2)n1)N(C)CCc1cccs1.I. The van der Waals surface area contributed by atoms with Crippen molar-refractivity contribution >= 4 is 41.3 Å². The maximum absolute atomic E-state index is 4.75. The molecule has 0 bridgehead atoms. The van der Waals surface area contributed by atoms with Crippen molar-refractivity contribution in [2.24, 2.45) is 4.99 Å². The fourth-order valence-electron chi connectivity index (χ4n) is 2.63. The van der Waals surface area contributed by atoms with Crippen LogP contribution in [0.15, 0.2) is 65.1 Å². The van der Waals surface area contributed by atoms with Gasteiger partial charge in [0.25, 0.3) is 0 Å². The summed E-state index contributed by atoms with van der Waals surface area (Å²) in [5, 5.41) is 10.1. The number of hydrogen-bond acceptors (Lipinski definition) is 3.